The Kier molecular flexibility index (Phi) is 3.69. The number of β-amino-alcohol motifs (C(OH)–C–C–N with tert-alkyl or cyclic N) is 1. The Morgan fingerprint density at radius 1 is 1.12 bits per heavy atom. The van der Waals surface area contributed by atoms with Crippen molar-refractivity contribution in [2.45, 2.75) is 63.1 Å². The molecule has 1 aliphatic carbocycles. The van der Waals surface area contributed by atoms with Crippen LogP contribution in [0, 0.1) is 5.92 Å². The number of hydrogen-bond donors (Lipinski definition) is 2. The van der Waals surface area contributed by atoms with E-state index in [0.717, 1.165) is 31.5 Å². The van der Waals surface area contributed by atoms with Crippen molar-refractivity contribution in [2.75, 3.05) is 19.6 Å². The molecule has 0 aromatic heterocycles. The Morgan fingerprint density at radius 2 is 1.94 bits per heavy atom. The molecule has 17 heavy (non-hydrogen) atoms. The number of hydrogen-bond acceptors (Lipinski definition) is 3. The molecular formula is C14H26N2O. The first-order valence-electron chi connectivity index (χ1n) is 7.48. The molecule has 1 saturated carbocycles. The van der Waals surface area contributed by atoms with Crippen LogP contribution in [0.25, 0.3) is 0 Å². The molecule has 2 aliphatic heterocycles. The van der Waals surface area contributed by atoms with Crippen molar-refractivity contribution < 1.29 is 5.11 Å². The molecule has 3 unspecified atom stereocenters. The van der Waals surface area contributed by atoms with Gasteiger partial charge in [0.1, 0.15) is 0 Å². The van der Waals surface area contributed by atoms with Crippen LogP contribution in [0.3, 0.4) is 0 Å². The molecule has 3 atom stereocenters. The van der Waals surface area contributed by atoms with Crippen molar-refractivity contribution in [1.29, 1.82) is 0 Å². The van der Waals surface area contributed by atoms with Gasteiger partial charge in [0.25, 0.3) is 0 Å². The number of nitrogens with one attached hydrogen (secondary N) is 1. The summed E-state index contributed by atoms with van der Waals surface area (Å²) in [6.45, 7) is 3.25. The van der Waals surface area contributed by atoms with Crippen LogP contribution in [0.15, 0.2) is 0 Å². The van der Waals surface area contributed by atoms with Crippen LogP contribution >= 0.6 is 0 Å². The summed E-state index contributed by atoms with van der Waals surface area (Å²) in [5, 5.41) is 13.0. The molecule has 0 bridgehead atoms. The van der Waals surface area contributed by atoms with E-state index in [4.69, 9.17) is 0 Å². The molecule has 0 aromatic rings. The molecule has 0 radical (unpaired) electrons. The van der Waals surface area contributed by atoms with Crippen LogP contribution in [0.2, 0.25) is 0 Å². The summed E-state index contributed by atoms with van der Waals surface area (Å²) in [7, 11) is 0. The summed E-state index contributed by atoms with van der Waals surface area (Å²) < 4.78 is 0. The Hall–Kier alpha value is -0.120. The first-order valence-corrected chi connectivity index (χ1v) is 7.48. The SMILES string of the molecule is OC1CNC(CN2CCCC2C2CCCC2)C1. The lowest BCUT2D eigenvalue weighted by molar-refractivity contribution is 0.164. The van der Waals surface area contributed by atoms with Gasteiger partial charge in [-0.15, -0.1) is 0 Å². The van der Waals surface area contributed by atoms with Crippen LogP contribution in [0.1, 0.15) is 44.9 Å². The van der Waals surface area contributed by atoms with Gasteiger partial charge in [-0.05, 0) is 44.6 Å². The van der Waals surface area contributed by atoms with Crippen LogP contribution in [0.5, 0.6) is 0 Å². The second-order valence-electron chi connectivity index (χ2n) is 6.24. The molecule has 3 heteroatoms. The van der Waals surface area contributed by atoms with E-state index in [-0.39, 0.29) is 6.10 Å². The lowest BCUT2D eigenvalue weighted by Crippen LogP contribution is -2.42. The Morgan fingerprint density at radius 3 is 2.65 bits per heavy atom. The van der Waals surface area contributed by atoms with E-state index in [1.807, 2.05) is 0 Å². The van der Waals surface area contributed by atoms with Gasteiger partial charge in [0.15, 0.2) is 0 Å². The van der Waals surface area contributed by atoms with E-state index in [1.165, 1.54) is 45.1 Å². The maximum atomic E-state index is 9.57. The topological polar surface area (TPSA) is 35.5 Å². The number of rotatable bonds is 3. The zero-order valence-corrected chi connectivity index (χ0v) is 10.8. The van der Waals surface area contributed by atoms with Crippen LogP contribution in [-0.2, 0) is 0 Å². The van der Waals surface area contributed by atoms with Crippen molar-refractivity contribution in [3.63, 3.8) is 0 Å². The lowest BCUT2D eigenvalue weighted by atomic mass is 9.95. The summed E-state index contributed by atoms with van der Waals surface area (Å²) in [6.07, 6.45) is 9.48. The minimum atomic E-state index is -0.104. The van der Waals surface area contributed by atoms with Gasteiger partial charge in [-0.2, -0.15) is 0 Å². The van der Waals surface area contributed by atoms with Gasteiger partial charge in [-0.3, -0.25) is 4.90 Å². The lowest BCUT2D eigenvalue weighted by Gasteiger charge is -2.31. The Balaban J connectivity index is 1.54. The predicted octanol–water partition coefficient (Wildman–Crippen LogP) is 1.36. The fraction of sp³-hybridized carbons (Fsp3) is 1.00. The maximum Gasteiger partial charge on any atom is 0.0680 e. The maximum absolute atomic E-state index is 9.57. The first kappa shape index (κ1) is 11.9. The van der Waals surface area contributed by atoms with Gasteiger partial charge < -0.3 is 10.4 Å². The summed E-state index contributed by atoms with van der Waals surface area (Å²) in [4.78, 5) is 2.71. The molecule has 2 heterocycles. The molecular weight excluding hydrogens is 212 g/mol. The average Bonchev–Trinajstić information content (AvgIpc) is 3.00. The quantitative estimate of drug-likeness (QED) is 0.779. The molecule has 3 rings (SSSR count). The normalized spacial score (nSPS) is 40.4. The van der Waals surface area contributed by atoms with E-state index in [2.05, 4.69) is 10.2 Å². The third-order valence-corrected chi connectivity index (χ3v) is 5.01. The van der Waals surface area contributed by atoms with Gasteiger partial charge in [0, 0.05) is 25.2 Å². The minimum Gasteiger partial charge on any atom is -0.392 e. The van der Waals surface area contributed by atoms with Crippen LogP contribution < -0.4 is 5.32 Å². The van der Waals surface area contributed by atoms with Gasteiger partial charge in [-0.25, -0.2) is 0 Å². The molecule has 3 nitrogen and oxygen atoms in total. The van der Waals surface area contributed by atoms with Crippen molar-refractivity contribution in [3.8, 4) is 0 Å². The molecule has 3 fully saturated rings. The van der Waals surface area contributed by atoms with E-state index in [9.17, 15) is 5.11 Å². The van der Waals surface area contributed by atoms with Gasteiger partial charge in [-0.1, -0.05) is 12.8 Å². The van der Waals surface area contributed by atoms with E-state index in [1.54, 1.807) is 0 Å². The molecule has 2 saturated heterocycles. The fourth-order valence-corrected chi connectivity index (χ4v) is 4.17. The summed E-state index contributed by atoms with van der Waals surface area (Å²) in [6, 6.07) is 1.39. The summed E-state index contributed by atoms with van der Waals surface area (Å²) in [5.41, 5.74) is 0. The number of likely N-dealkylation sites (tertiary alicyclic amines) is 1. The van der Waals surface area contributed by atoms with Crippen molar-refractivity contribution in [2.24, 2.45) is 5.92 Å². The highest BCUT2D eigenvalue weighted by Gasteiger charge is 2.35. The Bertz CT molecular complexity index is 253. The summed E-state index contributed by atoms with van der Waals surface area (Å²) >= 11 is 0. The van der Waals surface area contributed by atoms with Crippen molar-refractivity contribution in [3.05, 3.63) is 0 Å². The smallest absolute Gasteiger partial charge is 0.0680 e. The third-order valence-electron chi connectivity index (χ3n) is 5.01. The molecule has 0 aromatic carbocycles. The largest absolute Gasteiger partial charge is 0.392 e. The van der Waals surface area contributed by atoms with Crippen LogP contribution in [-0.4, -0.2) is 47.8 Å². The third kappa shape index (κ3) is 2.67. The predicted molar refractivity (Wildman–Crippen MR) is 69.0 cm³/mol. The average molecular weight is 238 g/mol. The van der Waals surface area contributed by atoms with E-state index < -0.39 is 0 Å². The van der Waals surface area contributed by atoms with E-state index in [0.29, 0.717) is 6.04 Å². The molecule has 2 N–H and O–H groups in total. The number of aliphatic hydroxyl groups is 1. The number of nitrogens with zero attached hydrogens (tertiary/aromatic N) is 1. The highest BCUT2D eigenvalue weighted by molar-refractivity contribution is 4.91. The molecule has 98 valence electrons. The molecule has 0 spiro atoms. The molecule has 0 amide bonds. The second kappa shape index (κ2) is 5.25. The second-order valence-corrected chi connectivity index (χ2v) is 6.24. The fourth-order valence-electron chi connectivity index (χ4n) is 4.17. The Labute approximate surface area is 105 Å². The standard InChI is InChI=1S/C14H26N2O/c17-13-8-12(15-9-13)10-16-7-3-6-14(16)11-4-1-2-5-11/h11-15,17H,1-10H2. The monoisotopic (exact) mass is 238 g/mol. The van der Waals surface area contributed by atoms with Crippen molar-refractivity contribution >= 4 is 0 Å². The minimum absolute atomic E-state index is 0.104. The van der Waals surface area contributed by atoms with E-state index >= 15 is 0 Å². The summed E-state index contributed by atoms with van der Waals surface area (Å²) in [5.74, 6) is 0.976. The first-order chi connectivity index (χ1) is 8.33. The zero-order chi connectivity index (χ0) is 11.7. The molecule has 3 aliphatic rings. The highest BCUT2D eigenvalue weighted by atomic mass is 16.3. The van der Waals surface area contributed by atoms with Crippen molar-refractivity contribution in [1.82, 2.24) is 10.2 Å². The van der Waals surface area contributed by atoms with Gasteiger partial charge >= 0.3 is 0 Å². The zero-order valence-electron chi connectivity index (χ0n) is 10.8. The van der Waals surface area contributed by atoms with Crippen LogP contribution in [0.4, 0.5) is 0 Å². The van der Waals surface area contributed by atoms with Gasteiger partial charge in [0.05, 0.1) is 6.10 Å². The van der Waals surface area contributed by atoms with Gasteiger partial charge in [0.2, 0.25) is 0 Å². The highest BCUT2D eigenvalue weighted by Crippen LogP contribution is 2.35. The number of aliphatic hydroxyl groups excluding tert-OH is 1.